The summed E-state index contributed by atoms with van der Waals surface area (Å²) >= 11 is 5.80. The smallest absolute Gasteiger partial charge is 0.241 e. The highest BCUT2D eigenvalue weighted by molar-refractivity contribution is 7.89. The number of ether oxygens (including phenoxy) is 1. The second-order valence-corrected chi connectivity index (χ2v) is 9.54. The van der Waals surface area contributed by atoms with Gasteiger partial charge in [0, 0.05) is 44.3 Å². The van der Waals surface area contributed by atoms with Crippen molar-refractivity contribution >= 4 is 33.4 Å². The van der Waals surface area contributed by atoms with Crippen molar-refractivity contribution in [3.8, 4) is 0 Å². The second-order valence-electron chi connectivity index (χ2n) is 7.39. The lowest BCUT2D eigenvalue weighted by atomic mass is 10.2. The molecule has 0 spiro atoms. The molecule has 2 amide bonds. The van der Waals surface area contributed by atoms with Crippen molar-refractivity contribution in [2.24, 2.45) is 0 Å². The monoisotopic (exact) mass is 458 g/mol. The van der Waals surface area contributed by atoms with Crippen LogP contribution in [0.15, 0.2) is 29.2 Å². The average Bonchev–Trinajstić information content (AvgIpc) is 2.74. The Morgan fingerprint density at radius 1 is 1.03 bits per heavy atom. The third-order valence-corrected chi connectivity index (χ3v) is 7.04. The van der Waals surface area contributed by atoms with E-state index in [0.29, 0.717) is 51.0 Å². The molecule has 30 heavy (non-hydrogen) atoms. The van der Waals surface area contributed by atoms with Crippen molar-refractivity contribution in [3.63, 3.8) is 0 Å². The number of nitrogens with one attached hydrogen (secondary N) is 1. The summed E-state index contributed by atoms with van der Waals surface area (Å²) in [5, 5.41) is 0.430. The van der Waals surface area contributed by atoms with E-state index in [-0.39, 0.29) is 16.7 Å². The lowest BCUT2D eigenvalue weighted by Gasteiger charge is -2.37. The molecular formula is C19H27ClN4O5S. The average molecular weight is 459 g/mol. The SMILES string of the molecule is C[C@H](NS(=O)(=O)c1ccc(Cl)cc1)C(=O)N1CCN(C(=O)CN2CCOCC2)CC1. The minimum atomic E-state index is -3.84. The molecule has 2 aliphatic heterocycles. The highest BCUT2D eigenvalue weighted by Gasteiger charge is 2.30. The number of morpholine rings is 1. The van der Waals surface area contributed by atoms with Gasteiger partial charge in [0.2, 0.25) is 21.8 Å². The Morgan fingerprint density at radius 2 is 1.60 bits per heavy atom. The largest absolute Gasteiger partial charge is 0.379 e. The lowest BCUT2D eigenvalue weighted by molar-refractivity contribution is -0.141. The molecule has 0 saturated carbocycles. The molecule has 1 N–H and O–H groups in total. The van der Waals surface area contributed by atoms with Gasteiger partial charge in [-0.25, -0.2) is 8.42 Å². The summed E-state index contributed by atoms with van der Waals surface area (Å²) in [7, 11) is -3.84. The van der Waals surface area contributed by atoms with E-state index < -0.39 is 16.1 Å². The Balaban J connectivity index is 1.49. The molecule has 0 radical (unpaired) electrons. The van der Waals surface area contributed by atoms with Gasteiger partial charge in [0.25, 0.3) is 0 Å². The minimum absolute atomic E-state index is 0.0421. The number of halogens is 1. The van der Waals surface area contributed by atoms with Crippen molar-refractivity contribution in [1.29, 1.82) is 0 Å². The molecule has 2 heterocycles. The molecule has 1 atom stereocenters. The lowest BCUT2D eigenvalue weighted by Crippen LogP contribution is -2.56. The molecule has 2 aliphatic rings. The zero-order chi connectivity index (χ0) is 21.7. The molecule has 1 aromatic rings. The van der Waals surface area contributed by atoms with Gasteiger partial charge in [-0.3, -0.25) is 14.5 Å². The van der Waals surface area contributed by atoms with Crippen LogP contribution in [-0.2, 0) is 24.3 Å². The van der Waals surface area contributed by atoms with E-state index in [1.807, 2.05) is 0 Å². The third kappa shape index (κ3) is 5.92. The predicted octanol–water partition coefficient (Wildman–Crippen LogP) is 0.00980. The van der Waals surface area contributed by atoms with Gasteiger partial charge < -0.3 is 14.5 Å². The topological polar surface area (TPSA) is 99.3 Å². The minimum Gasteiger partial charge on any atom is -0.379 e. The third-order valence-electron chi connectivity index (χ3n) is 5.23. The van der Waals surface area contributed by atoms with E-state index in [4.69, 9.17) is 16.3 Å². The number of hydrogen-bond acceptors (Lipinski definition) is 6. The Bertz CT molecular complexity index is 850. The molecule has 3 rings (SSSR count). The first-order valence-corrected chi connectivity index (χ1v) is 11.8. The summed E-state index contributed by atoms with van der Waals surface area (Å²) in [4.78, 5) is 30.6. The Labute approximate surface area is 181 Å². The van der Waals surface area contributed by atoms with E-state index >= 15 is 0 Å². The number of carbonyl (C=O) groups excluding carboxylic acids is 2. The summed E-state index contributed by atoms with van der Waals surface area (Å²) in [6.45, 7) is 6.27. The normalized spacial score (nSPS) is 19.5. The molecular weight excluding hydrogens is 432 g/mol. The highest BCUT2D eigenvalue weighted by atomic mass is 35.5. The van der Waals surface area contributed by atoms with Gasteiger partial charge in [0.1, 0.15) is 0 Å². The second kappa shape index (κ2) is 10.1. The first-order valence-electron chi connectivity index (χ1n) is 9.91. The van der Waals surface area contributed by atoms with Gasteiger partial charge in [-0.1, -0.05) is 11.6 Å². The first-order chi connectivity index (χ1) is 14.3. The van der Waals surface area contributed by atoms with Crippen molar-refractivity contribution < 1.29 is 22.7 Å². The number of benzene rings is 1. The molecule has 9 nitrogen and oxygen atoms in total. The van der Waals surface area contributed by atoms with Crippen molar-refractivity contribution in [3.05, 3.63) is 29.3 Å². The van der Waals surface area contributed by atoms with Gasteiger partial charge in [-0.05, 0) is 31.2 Å². The van der Waals surface area contributed by atoms with Crippen molar-refractivity contribution in [1.82, 2.24) is 19.4 Å². The number of nitrogens with zero attached hydrogens (tertiary/aromatic N) is 3. The zero-order valence-electron chi connectivity index (χ0n) is 16.9. The zero-order valence-corrected chi connectivity index (χ0v) is 18.5. The van der Waals surface area contributed by atoms with Crippen LogP contribution < -0.4 is 4.72 Å². The Hall–Kier alpha value is -1.72. The molecule has 11 heteroatoms. The first kappa shape index (κ1) is 23.0. The molecule has 2 fully saturated rings. The van der Waals surface area contributed by atoms with E-state index in [9.17, 15) is 18.0 Å². The van der Waals surface area contributed by atoms with E-state index in [1.54, 1.807) is 9.80 Å². The summed E-state index contributed by atoms with van der Waals surface area (Å²) in [5.74, 6) is -0.270. The molecule has 0 bridgehead atoms. The number of rotatable bonds is 6. The van der Waals surface area contributed by atoms with Gasteiger partial charge in [0.05, 0.1) is 30.7 Å². The van der Waals surface area contributed by atoms with Crippen molar-refractivity contribution in [2.75, 3.05) is 59.0 Å². The number of carbonyl (C=O) groups is 2. The van der Waals surface area contributed by atoms with Crippen LogP contribution in [0, 0.1) is 0 Å². The van der Waals surface area contributed by atoms with Gasteiger partial charge in [-0.2, -0.15) is 4.72 Å². The maximum absolute atomic E-state index is 12.7. The Morgan fingerprint density at radius 3 is 2.20 bits per heavy atom. The summed E-state index contributed by atoms with van der Waals surface area (Å²) in [6, 6.07) is 4.83. The molecule has 0 unspecified atom stereocenters. The molecule has 0 aromatic heterocycles. The van der Waals surface area contributed by atoms with Crippen LogP contribution in [0.25, 0.3) is 0 Å². The van der Waals surface area contributed by atoms with Gasteiger partial charge in [-0.15, -0.1) is 0 Å². The number of hydrogen-bond donors (Lipinski definition) is 1. The standard InChI is InChI=1S/C19H27ClN4O5S/c1-15(21-30(27,28)17-4-2-16(20)3-5-17)19(26)24-8-6-23(7-9-24)18(25)14-22-10-12-29-13-11-22/h2-5,15,21H,6-14H2,1H3/t15-/m0/s1. The van der Waals surface area contributed by atoms with Crippen LogP contribution in [0.5, 0.6) is 0 Å². The fourth-order valence-electron chi connectivity index (χ4n) is 3.47. The van der Waals surface area contributed by atoms with E-state index in [1.165, 1.54) is 31.2 Å². The number of piperazine rings is 1. The number of sulfonamides is 1. The fourth-order valence-corrected chi connectivity index (χ4v) is 4.79. The van der Waals surface area contributed by atoms with Gasteiger partial charge in [0.15, 0.2) is 0 Å². The Kier molecular flexibility index (Phi) is 7.70. The maximum Gasteiger partial charge on any atom is 0.241 e. The molecule has 2 saturated heterocycles. The van der Waals surface area contributed by atoms with Gasteiger partial charge >= 0.3 is 0 Å². The highest BCUT2D eigenvalue weighted by Crippen LogP contribution is 2.15. The quantitative estimate of drug-likeness (QED) is 0.644. The van der Waals surface area contributed by atoms with Crippen LogP contribution in [0.4, 0.5) is 0 Å². The molecule has 166 valence electrons. The van der Waals surface area contributed by atoms with E-state index in [0.717, 1.165) is 13.1 Å². The predicted molar refractivity (Wildman–Crippen MR) is 112 cm³/mol. The van der Waals surface area contributed by atoms with Crippen molar-refractivity contribution in [2.45, 2.75) is 17.9 Å². The van der Waals surface area contributed by atoms with E-state index in [2.05, 4.69) is 9.62 Å². The fraction of sp³-hybridized carbons (Fsp3) is 0.579. The summed E-state index contributed by atoms with van der Waals surface area (Å²) in [6.07, 6.45) is 0. The van der Waals surface area contributed by atoms with Crippen LogP contribution >= 0.6 is 11.6 Å². The maximum atomic E-state index is 12.7. The number of amides is 2. The molecule has 0 aliphatic carbocycles. The molecule has 1 aromatic carbocycles. The van der Waals surface area contributed by atoms with Crippen LogP contribution in [-0.4, -0.2) is 100 Å². The van der Waals surface area contributed by atoms with Crippen LogP contribution in [0.3, 0.4) is 0 Å². The summed E-state index contributed by atoms with van der Waals surface area (Å²) in [5.41, 5.74) is 0. The van der Waals surface area contributed by atoms with Crippen LogP contribution in [0.2, 0.25) is 5.02 Å². The van der Waals surface area contributed by atoms with Crippen LogP contribution in [0.1, 0.15) is 6.92 Å². The summed E-state index contributed by atoms with van der Waals surface area (Å²) < 4.78 is 32.7.